The van der Waals surface area contributed by atoms with Crippen molar-refractivity contribution >= 4 is 5.91 Å². The molecule has 4 nitrogen and oxygen atoms in total. The molecule has 4 heteroatoms. The Morgan fingerprint density at radius 1 is 1.36 bits per heavy atom. The van der Waals surface area contributed by atoms with E-state index in [0.29, 0.717) is 12.1 Å². The third-order valence-corrected chi connectivity index (χ3v) is 3.27. The van der Waals surface area contributed by atoms with Crippen molar-refractivity contribution in [3.63, 3.8) is 0 Å². The van der Waals surface area contributed by atoms with Crippen molar-refractivity contribution in [2.24, 2.45) is 0 Å². The second kappa shape index (κ2) is 4.28. The first-order valence-corrected chi connectivity index (χ1v) is 5.50. The third-order valence-electron chi connectivity index (χ3n) is 3.27. The van der Waals surface area contributed by atoms with E-state index in [9.17, 15) is 4.79 Å². The zero-order valence-corrected chi connectivity index (χ0v) is 8.68. The molecule has 1 heterocycles. The Bertz CT molecular complexity index is 207. The van der Waals surface area contributed by atoms with E-state index in [1.54, 1.807) is 0 Å². The van der Waals surface area contributed by atoms with Crippen LogP contribution in [0.15, 0.2) is 0 Å². The van der Waals surface area contributed by atoms with Crippen molar-refractivity contribution in [2.75, 3.05) is 13.6 Å². The number of rotatable bonds is 3. The predicted molar refractivity (Wildman–Crippen MR) is 55.0 cm³/mol. The van der Waals surface area contributed by atoms with Crippen LogP contribution in [0.2, 0.25) is 0 Å². The summed E-state index contributed by atoms with van der Waals surface area (Å²) < 4.78 is 0. The summed E-state index contributed by atoms with van der Waals surface area (Å²) in [4.78, 5) is 11.6. The van der Waals surface area contributed by atoms with Crippen LogP contribution in [0.3, 0.4) is 0 Å². The minimum atomic E-state index is 0.0728. The molecule has 0 aromatic heterocycles. The molecule has 1 atom stereocenters. The monoisotopic (exact) mass is 197 g/mol. The van der Waals surface area contributed by atoms with E-state index in [0.717, 1.165) is 32.2 Å². The maximum atomic E-state index is 11.6. The van der Waals surface area contributed by atoms with Gasteiger partial charge in [-0.3, -0.25) is 4.79 Å². The van der Waals surface area contributed by atoms with Crippen LogP contribution in [0.25, 0.3) is 0 Å². The van der Waals surface area contributed by atoms with Gasteiger partial charge in [0.25, 0.3) is 0 Å². The Morgan fingerprint density at radius 2 is 2.14 bits per heavy atom. The van der Waals surface area contributed by atoms with Crippen LogP contribution in [0.4, 0.5) is 0 Å². The van der Waals surface area contributed by atoms with Gasteiger partial charge < -0.3 is 16.0 Å². The van der Waals surface area contributed by atoms with Gasteiger partial charge in [0.1, 0.15) is 0 Å². The lowest BCUT2D eigenvalue weighted by atomic mass is 9.87. The molecule has 1 aliphatic carbocycles. The third kappa shape index (κ3) is 2.07. The number of carbonyl (C=O) groups excluding carboxylic acids is 1. The van der Waals surface area contributed by atoms with Crippen LogP contribution in [-0.4, -0.2) is 37.6 Å². The molecule has 0 radical (unpaired) electrons. The summed E-state index contributed by atoms with van der Waals surface area (Å²) in [6, 6.07) is 1.09. The van der Waals surface area contributed by atoms with Gasteiger partial charge in [-0.2, -0.15) is 0 Å². The first-order valence-electron chi connectivity index (χ1n) is 5.50. The summed E-state index contributed by atoms with van der Waals surface area (Å²) in [6.45, 7) is 0.988. The fourth-order valence-electron chi connectivity index (χ4n) is 2.18. The molecule has 80 valence electrons. The number of amides is 1. The lowest BCUT2D eigenvalue weighted by Crippen LogP contribution is -2.54. The lowest BCUT2D eigenvalue weighted by Gasteiger charge is -2.36. The average molecular weight is 197 g/mol. The highest BCUT2D eigenvalue weighted by Crippen LogP contribution is 2.19. The smallest absolute Gasteiger partial charge is 0.237 e. The highest BCUT2D eigenvalue weighted by atomic mass is 16.2. The Hall–Kier alpha value is -0.610. The maximum absolute atomic E-state index is 11.6. The molecule has 14 heavy (non-hydrogen) atoms. The largest absolute Gasteiger partial charge is 0.352 e. The Kier molecular flexibility index (Phi) is 3.03. The van der Waals surface area contributed by atoms with Crippen LogP contribution in [0.5, 0.6) is 0 Å². The molecule has 2 rings (SSSR count). The quantitative estimate of drug-likeness (QED) is 0.577. The van der Waals surface area contributed by atoms with Gasteiger partial charge in [0.15, 0.2) is 0 Å². The second-order valence-electron chi connectivity index (χ2n) is 4.31. The number of hydrogen-bond acceptors (Lipinski definition) is 3. The zero-order valence-electron chi connectivity index (χ0n) is 8.68. The van der Waals surface area contributed by atoms with E-state index in [1.807, 2.05) is 7.05 Å². The molecular weight excluding hydrogens is 178 g/mol. The first-order chi connectivity index (χ1) is 6.79. The van der Waals surface area contributed by atoms with Crippen LogP contribution < -0.4 is 16.0 Å². The highest BCUT2D eigenvalue weighted by molar-refractivity contribution is 5.82. The van der Waals surface area contributed by atoms with Gasteiger partial charge in [0, 0.05) is 12.1 Å². The molecule has 0 spiro atoms. The van der Waals surface area contributed by atoms with Crippen LogP contribution in [0, 0.1) is 0 Å². The summed E-state index contributed by atoms with van der Waals surface area (Å²) in [6.07, 6.45) is 4.28. The molecule has 0 aromatic carbocycles. The minimum absolute atomic E-state index is 0.0728. The molecule has 0 aromatic rings. The van der Waals surface area contributed by atoms with Crippen molar-refractivity contribution in [3.8, 4) is 0 Å². The lowest BCUT2D eigenvalue weighted by molar-refractivity contribution is -0.124. The summed E-state index contributed by atoms with van der Waals surface area (Å²) in [5.41, 5.74) is 0. The van der Waals surface area contributed by atoms with Gasteiger partial charge in [0.05, 0.1) is 6.04 Å². The van der Waals surface area contributed by atoms with E-state index < -0.39 is 0 Å². The number of nitrogens with one attached hydrogen (secondary N) is 3. The fourth-order valence-corrected chi connectivity index (χ4v) is 2.18. The molecular formula is C10H19N3O. The molecule has 1 saturated carbocycles. The van der Waals surface area contributed by atoms with E-state index in [2.05, 4.69) is 16.0 Å². The van der Waals surface area contributed by atoms with Crippen molar-refractivity contribution < 1.29 is 4.79 Å². The Morgan fingerprint density at radius 3 is 2.71 bits per heavy atom. The number of hydrogen-bond donors (Lipinski definition) is 3. The fraction of sp³-hybridized carbons (Fsp3) is 0.900. The van der Waals surface area contributed by atoms with E-state index in [-0.39, 0.29) is 11.9 Å². The second-order valence-corrected chi connectivity index (χ2v) is 4.31. The summed E-state index contributed by atoms with van der Waals surface area (Å²) in [7, 11) is 1.97. The van der Waals surface area contributed by atoms with Crippen LogP contribution in [0.1, 0.15) is 25.7 Å². The van der Waals surface area contributed by atoms with Crippen LogP contribution in [-0.2, 0) is 4.79 Å². The summed E-state index contributed by atoms with van der Waals surface area (Å²) >= 11 is 0. The van der Waals surface area contributed by atoms with Gasteiger partial charge >= 0.3 is 0 Å². The molecule has 1 amide bonds. The molecule has 2 aliphatic rings. The SMILES string of the molecule is CNC1CC(NC(=O)C2CCCN2)C1. The molecule has 3 N–H and O–H groups in total. The van der Waals surface area contributed by atoms with Crippen molar-refractivity contribution in [1.29, 1.82) is 0 Å². The number of carbonyl (C=O) groups is 1. The van der Waals surface area contributed by atoms with Gasteiger partial charge in [0.2, 0.25) is 5.91 Å². The maximum Gasteiger partial charge on any atom is 0.237 e. The average Bonchev–Trinajstić information content (AvgIpc) is 2.62. The molecule has 1 unspecified atom stereocenters. The molecule has 2 fully saturated rings. The van der Waals surface area contributed by atoms with E-state index in [1.165, 1.54) is 0 Å². The minimum Gasteiger partial charge on any atom is -0.352 e. The highest BCUT2D eigenvalue weighted by Gasteiger charge is 2.31. The molecule has 1 saturated heterocycles. The van der Waals surface area contributed by atoms with E-state index in [4.69, 9.17) is 0 Å². The Balaban J connectivity index is 1.68. The standard InChI is InChI=1S/C10H19N3O/c1-11-7-5-8(6-7)13-10(14)9-3-2-4-12-9/h7-9,11-12H,2-6H2,1H3,(H,13,14). The topological polar surface area (TPSA) is 53.2 Å². The zero-order chi connectivity index (χ0) is 9.97. The normalized spacial score (nSPS) is 36.5. The predicted octanol–water partition coefficient (Wildman–Crippen LogP) is -0.395. The van der Waals surface area contributed by atoms with Crippen molar-refractivity contribution in [1.82, 2.24) is 16.0 Å². The molecule has 1 aliphatic heterocycles. The Labute approximate surface area is 84.8 Å². The van der Waals surface area contributed by atoms with Crippen LogP contribution >= 0.6 is 0 Å². The summed E-state index contributed by atoms with van der Waals surface area (Å²) in [5, 5.41) is 9.50. The molecule has 0 bridgehead atoms. The summed E-state index contributed by atoms with van der Waals surface area (Å²) in [5.74, 6) is 0.196. The van der Waals surface area contributed by atoms with E-state index >= 15 is 0 Å². The van der Waals surface area contributed by atoms with Gasteiger partial charge in [-0.05, 0) is 39.3 Å². The first kappa shape index (κ1) is 9.93. The van der Waals surface area contributed by atoms with Gasteiger partial charge in [-0.25, -0.2) is 0 Å². The van der Waals surface area contributed by atoms with Crippen molar-refractivity contribution in [3.05, 3.63) is 0 Å². The van der Waals surface area contributed by atoms with Gasteiger partial charge in [-0.15, -0.1) is 0 Å². The van der Waals surface area contributed by atoms with Crippen molar-refractivity contribution in [2.45, 2.75) is 43.8 Å². The van der Waals surface area contributed by atoms with Gasteiger partial charge in [-0.1, -0.05) is 0 Å².